The van der Waals surface area contributed by atoms with Crippen LogP contribution in [0.4, 0.5) is 0 Å². The summed E-state index contributed by atoms with van der Waals surface area (Å²) in [6, 6.07) is 0. The third-order valence-corrected chi connectivity index (χ3v) is 0.812. The minimum Gasteiger partial charge on any atom is -0.483 e. The first-order chi connectivity index (χ1) is 5.83. The summed E-state index contributed by atoms with van der Waals surface area (Å²) in [5.74, 6) is 0. The fourth-order valence-electron chi connectivity index (χ4n) is 0.429. The van der Waals surface area contributed by atoms with Crippen molar-refractivity contribution in [2.45, 2.75) is 6.92 Å². The summed E-state index contributed by atoms with van der Waals surface area (Å²) >= 11 is 0. The van der Waals surface area contributed by atoms with Gasteiger partial charge < -0.3 is 19.7 Å². The van der Waals surface area contributed by atoms with Gasteiger partial charge in [-0.25, -0.2) is 0 Å². The molecule has 12 heavy (non-hydrogen) atoms. The molecule has 0 aliphatic rings. The van der Waals surface area contributed by atoms with Crippen LogP contribution in [0.3, 0.4) is 0 Å². The molecule has 0 atom stereocenters. The first kappa shape index (κ1) is 13.9. The van der Waals surface area contributed by atoms with Gasteiger partial charge >= 0.3 is 0 Å². The summed E-state index contributed by atoms with van der Waals surface area (Å²) in [6.45, 7) is 4.11. The van der Waals surface area contributed by atoms with Gasteiger partial charge in [0.1, 0.15) is 0 Å². The van der Waals surface area contributed by atoms with Crippen LogP contribution in [0, 0.1) is 0 Å². The number of hydrogen-bond donors (Lipinski definition) is 2. The van der Waals surface area contributed by atoms with Crippen molar-refractivity contribution in [2.24, 2.45) is 0 Å². The smallest absolute Gasteiger partial charge is 0.290 e. The van der Waals surface area contributed by atoms with Crippen molar-refractivity contribution in [3.8, 4) is 0 Å². The molecule has 0 heterocycles. The van der Waals surface area contributed by atoms with E-state index in [1.54, 1.807) is 0 Å². The van der Waals surface area contributed by atoms with E-state index in [-0.39, 0.29) is 13.1 Å². The van der Waals surface area contributed by atoms with E-state index in [9.17, 15) is 0 Å². The molecular formula is C7H16O5. The molecule has 0 saturated heterocycles. The van der Waals surface area contributed by atoms with Crippen molar-refractivity contribution in [3.05, 3.63) is 0 Å². The van der Waals surface area contributed by atoms with Gasteiger partial charge in [-0.1, -0.05) is 0 Å². The molecule has 0 saturated carbocycles. The van der Waals surface area contributed by atoms with Crippen molar-refractivity contribution < 1.29 is 24.5 Å². The van der Waals surface area contributed by atoms with Gasteiger partial charge in [0.15, 0.2) is 0 Å². The second kappa shape index (κ2) is 16.7. The van der Waals surface area contributed by atoms with E-state index in [1.807, 2.05) is 6.92 Å². The molecule has 5 heteroatoms. The Bertz CT molecular complexity index is 70.2. The van der Waals surface area contributed by atoms with Crippen molar-refractivity contribution >= 4 is 6.47 Å². The Labute approximate surface area is 71.9 Å². The molecule has 0 amide bonds. The Morgan fingerprint density at radius 2 is 1.75 bits per heavy atom. The summed E-state index contributed by atoms with van der Waals surface area (Å²) in [5.41, 5.74) is 0. The van der Waals surface area contributed by atoms with Crippen LogP contribution in [0.2, 0.25) is 0 Å². The molecule has 74 valence electrons. The summed E-state index contributed by atoms with van der Waals surface area (Å²) in [6.07, 6.45) is 0. The first-order valence-electron chi connectivity index (χ1n) is 3.67. The molecular weight excluding hydrogens is 164 g/mol. The summed E-state index contributed by atoms with van der Waals surface area (Å²) in [7, 11) is 0. The molecule has 0 aromatic rings. The summed E-state index contributed by atoms with van der Waals surface area (Å²) in [5, 5.41) is 15.1. The molecule has 0 aromatic heterocycles. The minimum atomic E-state index is -0.250. The monoisotopic (exact) mass is 180 g/mol. The van der Waals surface area contributed by atoms with Crippen molar-refractivity contribution in [3.63, 3.8) is 0 Å². The number of carbonyl (C=O) groups is 1. The molecule has 0 aromatic carbocycles. The number of aliphatic hydroxyl groups excluding tert-OH is 1. The van der Waals surface area contributed by atoms with E-state index >= 15 is 0 Å². The molecule has 0 spiro atoms. The number of aliphatic hydroxyl groups is 1. The predicted octanol–water partition coefficient (Wildman–Crippen LogP) is -0.267. The number of ether oxygens (including phenoxy) is 2. The Hall–Kier alpha value is -0.650. The highest BCUT2D eigenvalue weighted by molar-refractivity contribution is 5.32. The third kappa shape index (κ3) is 22.8. The van der Waals surface area contributed by atoms with Gasteiger partial charge in [0.2, 0.25) is 0 Å². The van der Waals surface area contributed by atoms with E-state index in [0.717, 1.165) is 6.61 Å². The molecule has 0 unspecified atom stereocenters. The van der Waals surface area contributed by atoms with Crippen LogP contribution in [-0.4, -0.2) is 49.7 Å². The van der Waals surface area contributed by atoms with Gasteiger partial charge in [-0.2, -0.15) is 0 Å². The highest BCUT2D eigenvalue weighted by atomic mass is 16.5. The quantitative estimate of drug-likeness (QED) is 0.435. The molecule has 0 aliphatic carbocycles. The van der Waals surface area contributed by atoms with Crippen LogP contribution in [-0.2, 0) is 14.3 Å². The van der Waals surface area contributed by atoms with E-state index in [0.29, 0.717) is 19.8 Å². The zero-order chi connectivity index (χ0) is 9.66. The SMILES string of the molecule is CCOCCOCCO.O=CO. The highest BCUT2D eigenvalue weighted by Gasteiger charge is 1.84. The average Bonchev–Trinajstić information content (AvgIpc) is 2.06. The summed E-state index contributed by atoms with van der Waals surface area (Å²) in [4.78, 5) is 8.36. The molecule has 0 bridgehead atoms. The fraction of sp³-hybridized carbons (Fsp3) is 0.857. The van der Waals surface area contributed by atoms with Crippen molar-refractivity contribution in [2.75, 3.05) is 33.0 Å². The fourth-order valence-corrected chi connectivity index (χ4v) is 0.429. The van der Waals surface area contributed by atoms with Gasteiger partial charge in [-0.05, 0) is 6.92 Å². The van der Waals surface area contributed by atoms with Gasteiger partial charge in [0, 0.05) is 6.61 Å². The maximum Gasteiger partial charge on any atom is 0.290 e. The maximum absolute atomic E-state index is 8.36. The zero-order valence-corrected chi connectivity index (χ0v) is 7.23. The zero-order valence-electron chi connectivity index (χ0n) is 7.23. The molecule has 2 N–H and O–H groups in total. The van der Waals surface area contributed by atoms with Crippen LogP contribution >= 0.6 is 0 Å². The van der Waals surface area contributed by atoms with Gasteiger partial charge in [-0.3, -0.25) is 4.79 Å². The lowest BCUT2D eigenvalue weighted by molar-refractivity contribution is -0.122. The Morgan fingerprint density at radius 3 is 2.17 bits per heavy atom. The van der Waals surface area contributed by atoms with Crippen LogP contribution in [0.1, 0.15) is 6.92 Å². The number of carboxylic acid groups (broad SMARTS) is 1. The maximum atomic E-state index is 8.36. The van der Waals surface area contributed by atoms with Gasteiger partial charge in [-0.15, -0.1) is 0 Å². The predicted molar refractivity (Wildman–Crippen MR) is 43.1 cm³/mol. The van der Waals surface area contributed by atoms with E-state index < -0.39 is 0 Å². The largest absolute Gasteiger partial charge is 0.483 e. The normalized spacial score (nSPS) is 8.50. The molecule has 0 fully saturated rings. The van der Waals surface area contributed by atoms with Crippen molar-refractivity contribution in [1.29, 1.82) is 0 Å². The third-order valence-electron chi connectivity index (χ3n) is 0.812. The molecule has 0 aliphatic heterocycles. The number of hydrogen-bond acceptors (Lipinski definition) is 4. The highest BCUT2D eigenvalue weighted by Crippen LogP contribution is 1.76. The molecule has 5 nitrogen and oxygen atoms in total. The first-order valence-corrected chi connectivity index (χ1v) is 3.67. The van der Waals surface area contributed by atoms with E-state index in [4.69, 9.17) is 24.5 Å². The topological polar surface area (TPSA) is 76.0 Å². The van der Waals surface area contributed by atoms with Crippen LogP contribution in [0.15, 0.2) is 0 Å². The standard InChI is InChI=1S/C6H14O3.CH2O2/c1-2-8-5-6-9-4-3-7;2-1-3/h7H,2-6H2,1H3;1H,(H,2,3). The Morgan fingerprint density at radius 1 is 1.25 bits per heavy atom. The van der Waals surface area contributed by atoms with Crippen LogP contribution < -0.4 is 0 Å². The lowest BCUT2D eigenvalue weighted by Crippen LogP contribution is -2.06. The second-order valence-corrected chi connectivity index (χ2v) is 1.64. The van der Waals surface area contributed by atoms with E-state index in [1.165, 1.54) is 0 Å². The molecule has 0 radical (unpaired) electrons. The van der Waals surface area contributed by atoms with Crippen LogP contribution in [0.25, 0.3) is 0 Å². The van der Waals surface area contributed by atoms with Gasteiger partial charge in [0.25, 0.3) is 6.47 Å². The molecule has 0 rings (SSSR count). The van der Waals surface area contributed by atoms with Gasteiger partial charge in [0.05, 0.1) is 26.4 Å². The second-order valence-electron chi connectivity index (χ2n) is 1.64. The lowest BCUT2D eigenvalue weighted by Gasteiger charge is -2.00. The van der Waals surface area contributed by atoms with Crippen molar-refractivity contribution in [1.82, 2.24) is 0 Å². The Kier molecular flexibility index (Phi) is 19.4. The van der Waals surface area contributed by atoms with E-state index in [2.05, 4.69) is 0 Å². The Balaban J connectivity index is 0. The van der Waals surface area contributed by atoms with Crippen LogP contribution in [0.5, 0.6) is 0 Å². The minimum absolute atomic E-state index is 0.0894. The lowest BCUT2D eigenvalue weighted by atomic mass is 10.7. The number of rotatable bonds is 6. The summed E-state index contributed by atoms with van der Waals surface area (Å²) < 4.78 is 9.88. The average molecular weight is 180 g/mol.